The van der Waals surface area contributed by atoms with Crippen molar-refractivity contribution in [2.45, 2.75) is 32.1 Å². The number of benzene rings is 1. The van der Waals surface area contributed by atoms with E-state index in [1.165, 1.54) is 0 Å². The van der Waals surface area contributed by atoms with E-state index in [-0.39, 0.29) is 17.9 Å². The van der Waals surface area contributed by atoms with Crippen LogP contribution in [0.15, 0.2) is 23.1 Å². The minimum Gasteiger partial charge on any atom is -0.481 e. The predicted molar refractivity (Wildman–Crippen MR) is 72.5 cm³/mol. The first-order chi connectivity index (χ1) is 8.72. The summed E-state index contributed by atoms with van der Waals surface area (Å²) >= 11 is 0. The average molecular weight is 285 g/mol. The maximum absolute atomic E-state index is 12.0. The van der Waals surface area contributed by atoms with Crippen LogP contribution in [-0.2, 0) is 14.8 Å². The van der Waals surface area contributed by atoms with E-state index in [1.807, 2.05) is 19.9 Å². The molecule has 0 aliphatic heterocycles. The van der Waals surface area contributed by atoms with Gasteiger partial charge in [0.05, 0.1) is 10.8 Å². The molecular weight excluding hydrogens is 266 g/mol. The van der Waals surface area contributed by atoms with E-state index in [0.29, 0.717) is 0 Å². The Morgan fingerprint density at radius 2 is 1.79 bits per heavy atom. The third-order valence-corrected chi connectivity index (χ3v) is 4.24. The Bertz CT molecular complexity index is 546. The number of sulfonamides is 1. The van der Waals surface area contributed by atoms with Gasteiger partial charge in [-0.3, -0.25) is 4.79 Å². The molecule has 5 nitrogen and oxygen atoms in total. The molecule has 6 heteroatoms. The van der Waals surface area contributed by atoms with Gasteiger partial charge < -0.3 is 5.11 Å². The number of aryl methyl sites for hydroxylation is 2. The Labute approximate surface area is 113 Å². The van der Waals surface area contributed by atoms with Gasteiger partial charge in [0.25, 0.3) is 0 Å². The molecular formula is C13H19NO4S. The van der Waals surface area contributed by atoms with Crippen LogP contribution in [0.3, 0.4) is 0 Å². The molecule has 0 aromatic heterocycles. The molecule has 0 amide bonds. The van der Waals surface area contributed by atoms with E-state index in [1.54, 1.807) is 19.1 Å². The van der Waals surface area contributed by atoms with E-state index >= 15 is 0 Å². The van der Waals surface area contributed by atoms with Gasteiger partial charge in [-0.1, -0.05) is 13.0 Å². The quantitative estimate of drug-likeness (QED) is 0.833. The number of hydrogen-bond donors (Lipinski definition) is 2. The standard InChI is InChI=1S/C13H19NO4S/c1-9-6-10(2)8-12(7-9)19(17,18)14-5-4-11(3)13(15)16/h6-8,11,14H,4-5H2,1-3H3,(H,15,16). The highest BCUT2D eigenvalue weighted by Crippen LogP contribution is 2.14. The number of carboxylic acids is 1. The van der Waals surface area contributed by atoms with E-state index in [0.717, 1.165) is 11.1 Å². The van der Waals surface area contributed by atoms with Crippen molar-refractivity contribution in [2.24, 2.45) is 5.92 Å². The summed E-state index contributed by atoms with van der Waals surface area (Å²) in [4.78, 5) is 10.9. The molecule has 0 radical (unpaired) electrons. The van der Waals surface area contributed by atoms with Crippen molar-refractivity contribution in [1.82, 2.24) is 4.72 Å². The summed E-state index contributed by atoms with van der Waals surface area (Å²) in [6.07, 6.45) is 0.263. The highest BCUT2D eigenvalue weighted by Gasteiger charge is 2.16. The Morgan fingerprint density at radius 1 is 1.26 bits per heavy atom. The number of carbonyl (C=O) groups is 1. The van der Waals surface area contributed by atoms with Crippen LogP contribution >= 0.6 is 0 Å². The molecule has 0 saturated heterocycles. The van der Waals surface area contributed by atoms with Crippen molar-refractivity contribution in [3.8, 4) is 0 Å². The van der Waals surface area contributed by atoms with Gasteiger partial charge in [-0.2, -0.15) is 0 Å². The van der Waals surface area contributed by atoms with Gasteiger partial charge in [-0.15, -0.1) is 0 Å². The van der Waals surface area contributed by atoms with Crippen LogP contribution in [-0.4, -0.2) is 26.0 Å². The van der Waals surface area contributed by atoms with Crippen molar-refractivity contribution < 1.29 is 18.3 Å². The van der Waals surface area contributed by atoms with Crippen LogP contribution in [0, 0.1) is 19.8 Å². The number of nitrogens with one attached hydrogen (secondary N) is 1. The SMILES string of the molecule is Cc1cc(C)cc(S(=O)(=O)NCCC(C)C(=O)O)c1. The molecule has 1 unspecified atom stereocenters. The molecule has 0 bridgehead atoms. The second-order valence-electron chi connectivity index (χ2n) is 4.75. The molecule has 0 heterocycles. The van der Waals surface area contributed by atoms with Gasteiger partial charge >= 0.3 is 5.97 Å². The lowest BCUT2D eigenvalue weighted by molar-refractivity contribution is -0.141. The van der Waals surface area contributed by atoms with Gasteiger partial charge in [0.1, 0.15) is 0 Å². The van der Waals surface area contributed by atoms with Crippen LogP contribution in [0.4, 0.5) is 0 Å². The number of aliphatic carboxylic acids is 1. The molecule has 0 fully saturated rings. The van der Waals surface area contributed by atoms with Gasteiger partial charge in [-0.25, -0.2) is 13.1 Å². The molecule has 106 valence electrons. The van der Waals surface area contributed by atoms with Crippen molar-refractivity contribution in [1.29, 1.82) is 0 Å². The van der Waals surface area contributed by atoms with Crippen molar-refractivity contribution in [3.63, 3.8) is 0 Å². The number of hydrogen-bond acceptors (Lipinski definition) is 3. The summed E-state index contributed by atoms with van der Waals surface area (Å²) < 4.78 is 26.5. The summed E-state index contributed by atoms with van der Waals surface area (Å²) in [5.41, 5.74) is 1.75. The number of carboxylic acid groups (broad SMARTS) is 1. The Balaban J connectivity index is 2.73. The Kier molecular flexibility index (Phi) is 5.08. The summed E-state index contributed by atoms with van der Waals surface area (Å²) in [5.74, 6) is -1.49. The van der Waals surface area contributed by atoms with Crippen LogP contribution in [0.25, 0.3) is 0 Å². The first kappa shape index (κ1) is 15.7. The van der Waals surface area contributed by atoms with Crippen molar-refractivity contribution in [3.05, 3.63) is 29.3 Å². The van der Waals surface area contributed by atoms with Crippen LogP contribution < -0.4 is 4.72 Å². The number of rotatable bonds is 6. The van der Waals surface area contributed by atoms with Gasteiger partial charge in [0.15, 0.2) is 0 Å². The Morgan fingerprint density at radius 3 is 2.26 bits per heavy atom. The molecule has 0 spiro atoms. The summed E-state index contributed by atoms with van der Waals surface area (Å²) in [7, 11) is -3.57. The highest BCUT2D eigenvalue weighted by atomic mass is 32.2. The summed E-state index contributed by atoms with van der Waals surface area (Å²) in [6.45, 7) is 5.33. The molecule has 1 rings (SSSR count). The van der Waals surface area contributed by atoms with Gasteiger partial charge in [0.2, 0.25) is 10.0 Å². The highest BCUT2D eigenvalue weighted by molar-refractivity contribution is 7.89. The fourth-order valence-electron chi connectivity index (χ4n) is 1.70. The minimum absolute atomic E-state index is 0.114. The third-order valence-electron chi connectivity index (χ3n) is 2.80. The van der Waals surface area contributed by atoms with Gasteiger partial charge in [0, 0.05) is 6.54 Å². The van der Waals surface area contributed by atoms with E-state index in [2.05, 4.69) is 4.72 Å². The minimum atomic E-state index is -3.57. The first-order valence-electron chi connectivity index (χ1n) is 6.03. The molecule has 0 saturated carbocycles. The summed E-state index contributed by atoms with van der Waals surface area (Å²) in [6, 6.07) is 5.08. The largest absolute Gasteiger partial charge is 0.481 e. The second-order valence-corrected chi connectivity index (χ2v) is 6.52. The Hall–Kier alpha value is -1.40. The molecule has 1 atom stereocenters. The lowest BCUT2D eigenvalue weighted by atomic mass is 10.1. The fraction of sp³-hybridized carbons (Fsp3) is 0.462. The van der Waals surface area contributed by atoms with Crippen molar-refractivity contribution >= 4 is 16.0 Å². The average Bonchev–Trinajstić information content (AvgIpc) is 2.27. The maximum atomic E-state index is 12.0. The monoisotopic (exact) mass is 285 g/mol. The molecule has 1 aromatic rings. The van der Waals surface area contributed by atoms with Crippen LogP contribution in [0.5, 0.6) is 0 Å². The van der Waals surface area contributed by atoms with Crippen LogP contribution in [0.2, 0.25) is 0 Å². The first-order valence-corrected chi connectivity index (χ1v) is 7.51. The molecule has 2 N–H and O–H groups in total. The summed E-state index contributed by atoms with van der Waals surface area (Å²) in [5, 5.41) is 8.72. The van der Waals surface area contributed by atoms with Crippen molar-refractivity contribution in [2.75, 3.05) is 6.54 Å². The fourth-order valence-corrected chi connectivity index (χ4v) is 2.94. The molecule has 1 aromatic carbocycles. The smallest absolute Gasteiger partial charge is 0.306 e. The second kappa shape index (κ2) is 6.16. The molecule has 19 heavy (non-hydrogen) atoms. The van der Waals surface area contributed by atoms with E-state index in [4.69, 9.17) is 5.11 Å². The third kappa shape index (κ3) is 4.65. The maximum Gasteiger partial charge on any atom is 0.306 e. The lowest BCUT2D eigenvalue weighted by Crippen LogP contribution is -2.27. The predicted octanol–water partition coefficient (Wildman–Crippen LogP) is 1.69. The van der Waals surface area contributed by atoms with Crippen LogP contribution in [0.1, 0.15) is 24.5 Å². The zero-order chi connectivity index (χ0) is 14.6. The molecule has 0 aliphatic rings. The molecule has 0 aliphatic carbocycles. The van der Waals surface area contributed by atoms with E-state index < -0.39 is 21.9 Å². The van der Waals surface area contributed by atoms with E-state index in [9.17, 15) is 13.2 Å². The normalized spacial score (nSPS) is 13.2. The van der Waals surface area contributed by atoms with Gasteiger partial charge in [-0.05, 0) is 43.5 Å². The lowest BCUT2D eigenvalue weighted by Gasteiger charge is -2.10. The zero-order valence-corrected chi connectivity index (χ0v) is 12.1. The zero-order valence-electron chi connectivity index (χ0n) is 11.3. The topological polar surface area (TPSA) is 83.5 Å².